The number of hydrogen-bond acceptors (Lipinski definition) is 5. The van der Waals surface area contributed by atoms with E-state index in [0.29, 0.717) is 19.4 Å². The van der Waals surface area contributed by atoms with E-state index in [4.69, 9.17) is 9.84 Å². The van der Waals surface area contributed by atoms with Gasteiger partial charge in [0.2, 0.25) is 11.7 Å². The Bertz CT molecular complexity index is 991. The number of aliphatic carboxylic acids is 1. The molecule has 1 spiro atoms. The van der Waals surface area contributed by atoms with Crippen LogP contribution in [0.3, 0.4) is 0 Å². The third-order valence-electron chi connectivity index (χ3n) is 7.82. The van der Waals surface area contributed by atoms with E-state index in [1.165, 1.54) is 0 Å². The molecule has 4 aliphatic heterocycles. The molecular formula is C21H20N2O6. The van der Waals surface area contributed by atoms with Gasteiger partial charge in [0.1, 0.15) is 6.61 Å². The topological polar surface area (TPSA) is 104 Å². The molecule has 6 atom stereocenters. The van der Waals surface area contributed by atoms with Crippen molar-refractivity contribution in [3.8, 4) is 0 Å². The van der Waals surface area contributed by atoms with Crippen LogP contribution in [-0.2, 0) is 29.3 Å². The van der Waals surface area contributed by atoms with Crippen molar-refractivity contribution in [1.82, 2.24) is 4.90 Å². The average Bonchev–Trinajstić information content (AvgIpc) is 3.24. The van der Waals surface area contributed by atoms with E-state index in [-0.39, 0.29) is 30.3 Å². The van der Waals surface area contributed by atoms with Crippen LogP contribution in [0.25, 0.3) is 0 Å². The van der Waals surface area contributed by atoms with Crippen LogP contribution in [0.4, 0.5) is 5.69 Å². The Balaban J connectivity index is 1.56. The van der Waals surface area contributed by atoms with Crippen molar-refractivity contribution in [2.75, 3.05) is 18.1 Å². The first-order chi connectivity index (χ1) is 13.9. The number of nitrogens with zero attached hydrogens (tertiary/aromatic N) is 2. The van der Waals surface area contributed by atoms with Gasteiger partial charge in [-0.25, -0.2) is 4.79 Å². The lowest BCUT2D eigenvalue weighted by atomic mass is 9.54. The summed E-state index contributed by atoms with van der Waals surface area (Å²) < 4.78 is 5.66. The number of para-hydroxylation sites is 1. The molecule has 0 radical (unpaired) electrons. The fourth-order valence-electron chi connectivity index (χ4n) is 6.98. The molecule has 0 aromatic heterocycles. The number of ketones is 1. The second-order valence-electron chi connectivity index (χ2n) is 8.76. The highest BCUT2D eigenvalue weighted by molar-refractivity contribution is 6.38. The molecule has 1 saturated carbocycles. The Kier molecular flexibility index (Phi) is 3.22. The molecule has 150 valence electrons. The number of amides is 2. The molecule has 6 rings (SSSR count). The smallest absolute Gasteiger partial charge is 0.329 e. The number of carboxylic acids is 1. The van der Waals surface area contributed by atoms with Crippen molar-refractivity contribution in [2.24, 2.45) is 11.8 Å². The van der Waals surface area contributed by atoms with Gasteiger partial charge in [-0.2, -0.15) is 0 Å². The first kappa shape index (κ1) is 17.1. The maximum absolute atomic E-state index is 13.2. The fraction of sp³-hybridized carbons (Fsp3) is 0.524. The third kappa shape index (κ3) is 1.88. The quantitative estimate of drug-likeness (QED) is 0.739. The summed E-state index contributed by atoms with van der Waals surface area (Å²) in [4.78, 5) is 53.7. The molecule has 2 amide bonds. The minimum atomic E-state index is -1.11. The molecule has 29 heavy (non-hydrogen) atoms. The van der Waals surface area contributed by atoms with Crippen LogP contribution < -0.4 is 4.90 Å². The molecule has 8 nitrogen and oxygen atoms in total. The van der Waals surface area contributed by atoms with Crippen LogP contribution >= 0.6 is 0 Å². The number of piperidine rings is 2. The maximum atomic E-state index is 13.2. The standard InChI is InChI=1S/C21H20N2O6/c24-15-8-13(29-9-16(25)26)17-10-7-14-21(5-6-22(14)20(28)18(10)27)11-3-1-2-4-12(11)23(15)19(17)21/h1-4,10,13-14,17,19H,5-9H2,(H,25,26). The highest BCUT2D eigenvalue weighted by Gasteiger charge is 2.72. The van der Waals surface area contributed by atoms with Gasteiger partial charge in [0, 0.05) is 35.5 Å². The van der Waals surface area contributed by atoms with Crippen molar-refractivity contribution in [1.29, 1.82) is 0 Å². The van der Waals surface area contributed by atoms with Crippen LogP contribution in [0, 0.1) is 11.8 Å². The van der Waals surface area contributed by atoms with Gasteiger partial charge < -0.3 is 19.6 Å². The van der Waals surface area contributed by atoms with Crippen molar-refractivity contribution in [3.05, 3.63) is 29.8 Å². The molecular weight excluding hydrogens is 376 g/mol. The summed E-state index contributed by atoms with van der Waals surface area (Å²) in [6.45, 7) is -0.0201. The number of hydrogen-bond donors (Lipinski definition) is 1. The van der Waals surface area contributed by atoms with Crippen molar-refractivity contribution in [3.63, 3.8) is 0 Å². The Morgan fingerprint density at radius 3 is 2.83 bits per heavy atom. The van der Waals surface area contributed by atoms with Crippen LogP contribution in [0.1, 0.15) is 24.8 Å². The van der Waals surface area contributed by atoms with E-state index in [2.05, 4.69) is 0 Å². The molecule has 3 saturated heterocycles. The molecule has 8 heteroatoms. The van der Waals surface area contributed by atoms with Gasteiger partial charge in [0.25, 0.3) is 5.91 Å². The second kappa shape index (κ2) is 5.44. The van der Waals surface area contributed by atoms with Crippen LogP contribution in [0.5, 0.6) is 0 Å². The number of rotatable bonds is 3. The Morgan fingerprint density at radius 2 is 2.03 bits per heavy atom. The number of anilines is 1. The summed E-state index contributed by atoms with van der Waals surface area (Å²) >= 11 is 0. The van der Waals surface area contributed by atoms with E-state index in [1.54, 1.807) is 4.90 Å². The van der Waals surface area contributed by atoms with Crippen molar-refractivity contribution in [2.45, 2.75) is 42.9 Å². The minimum absolute atomic E-state index is 0.0191. The largest absolute Gasteiger partial charge is 0.480 e. The van der Waals surface area contributed by atoms with Gasteiger partial charge in [-0.1, -0.05) is 18.2 Å². The van der Waals surface area contributed by atoms with Crippen molar-refractivity contribution >= 4 is 29.3 Å². The summed E-state index contributed by atoms with van der Waals surface area (Å²) in [6.07, 6.45) is 0.581. The van der Waals surface area contributed by atoms with Crippen LogP contribution in [0.2, 0.25) is 0 Å². The SMILES string of the molecule is O=C(O)COC1CC(=O)N2c3ccccc3C34CCN5C(=O)C(=O)C(CC53)C1C24. The Morgan fingerprint density at radius 1 is 1.24 bits per heavy atom. The predicted molar refractivity (Wildman–Crippen MR) is 98.1 cm³/mol. The highest BCUT2D eigenvalue weighted by Crippen LogP contribution is 2.64. The molecule has 4 fully saturated rings. The van der Waals surface area contributed by atoms with Crippen LogP contribution in [0.15, 0.2) is 24.3 Å². The number of fused-ring (bicyclic) bond motifs is 4. The molecule has 5 aliphatic rings. The molecule has 4 heterocycles. The second-order valence-corrected chi connectivity index (χ2v) is 8.76. The van der Waals surface area contributed by atoms with Gasteiger partial charge in [-0.3, -0.25) is 14.4 Å². The van der Waals surface area contributed by atoms with Gasteiger partial charge in [-0.15, -0.1) is 0 Å². The fourth-order valence-corrected chi connectivity index (χ4v) is 6.98. The van der Waals surface area contributed by atoms with E-state index >= 15 is 0 Å². The lowest BCUT2D eigenvalue weighted by molar-refractivity contribution is -0.166. The Hall–Kier alpha value is -2.74. The highest BCUT2D eigenvalue weighted by atomic mass is 16.5. The third-order valence-corrected chi connectivity index (χ3v) is 7.82. The predicted octanol–water partition coefficient (Wildman–Crippen LogP) is 0.333. The van der Waals surface area contributed by atoms with Crippen molar-refractivity contribution < 1.29 is 29.0 Å². The van der Waals surface area contributed by atoms with Gasteiger partial charge >= 0.3 is 5.97 Å². The maximum Gasteiger partial charge on any atom is 0.329 e. The first-order valence-electron chi connectivity index (χ1n) is 10.0. The lowest BCUT2D eigenvalue weighted by Gasteiger charge is -2.57. The van der Waals surface area contributed by atoms with Gasteiger partial charge in [0.05, 0.1) is 18.6 Å². The summed E-state index contributed by atoms with van der Waals surface area (Å²) in [5.41, 5.74) is 1.50. The summed E-state index contributed by atoms with van der Waals surface area (Å²) in [5.74, 6) is -3.00. The van der Waals surface area contributed by atoms with E-state index in [0.717, 1.165) is 11.3 Å². The summed E-state index contributed by atoms with van der Waals surface area (Å²) in [6, 6.07) is 7.43. The number of carbonyl (C=O) groups excluding carboxylic acids is 3. The normalized spacial score (nSPS) is 38.9. The molecule has 1 N–H and O–H groups in total. The summed E-state index contributed by atoms with van der Waals surface area (Å²) in [5, 5.41) is 9.09. The Labute approximate surface area is 166 Å². The van der Waals surface area contributed by atoms with Gasteiger partial charge in [0.15, 0.2) is 0 Å². The molecule has 1 aliphatic carbocycles. The molecule has 6 unspecified atom stereocenters. The number of carboxylic acid groups (broad SMARTS) is 1. The molecule has 1 aromatic carbocycles. The van der Waals surface area contributed by atoms with E-state index in [9.17, 15) is 19.2 Å². The zero-order chi connectivity index (χ0) is 20.1. The van der Waals surface area contributed by atoms with Crippen LogP contribution in [-0.4, -0.2) is 64.9 Å². The number of benzene rings is 1. The molecule has 1 aromatic rings. The van der Waals surface area contributed by atoms with Gasteiger partial charge in [-0.05, 0) is 24.5 Å². The van der Waals surface area contributed by atoms with E-state index in [1.807, 2.05) is 29.2 Å². The monoisotopic (exact) mass is 396 g/mol. The lowest BCUT2D eigenvalue weighted by Crippen LogP contribution is -2.71. The molecule has 2 bridgehead atoms. The number of Topliss-reactive ketones (excluding diaryl/α,β-unsaturated/α-hetero) is 1. The zero-order valence-electron chi connectivity index (χ0n) is 15.6. The summed E-state index contributed by atoms with van der Waals surface area (Å²) in [7, 11) is 0. The number of ether oxygens (including phenoxy) is 1. The zero-order valence-corrected chi connectivity index (χ0v) is 15.6. The number of carbonyl (C=O) groups is 4. The minimum Gasteiger partial charge on any atom is -0.480 e. The average molecular weight is 396 g/mol. The van der Waals surface area contributed by atoms with E-state index < -0.39 is 41.7 Å². The first-order valence-corrected chi connectivity index (χ1v) is 10.0.